The van der Waals surface area contributed by atoms with Gasteiger partial charge in [-0.3, -0.25) is 9.69 Å². The standard InChI is InChI=1S/C18H27NO/c1-14(2)12-19(16-10-11-16)13-18(3,4)17(20)15-8-6-5-7-9-15/h5-9,14,16H,10-13H2,1-4H3. The Morgan fingerprint density at radius 1 is 1.25 bits per heavy atom. The molecule has 0 atom stereocenters. The lowest BCUT2D eigenvalue weighted by Crippen LogP contribution is -2.42. The highest BCUT2D eigenvalue weighted by atomic mass is 16.1. The van der Waals surface area contributed by atoms with Crippen LogP contribution >= 0.6 is 0 Å². The molecule has 0 heterocycles. The van der Waals surface area contributed by atoms with Crippen molar-refractivity contribution in [2.24, 2.45) is 11.3 Å². The van der Waals surface area contributed by atoms with E-state index in [1.807, 2.05) is 30.3 Å². The smallest absolute Gasteiger partial charge is 0.169 e. The second-order valence-corrected chi connectivity index (χ2v) is 7.13. The van der Waals surface area contributed by atoms with Crippen LogP contribution in [0.5, 0.6) is 0 Å². The van der Waals surface area contributed by atoms with Gasteiger partial charge in [0.05, 0.1) is 0 Å². The molecule has 2 heteroatoms. The summed E-state index contributed by atoms with van der Waals surface area (Å²) >= 11 is 0. The van der Waals surface area contributed by atoms with Gasteiger partial charge < -0.3 is 0 Å². The number of rotatable bonds is 7. The zero-order valence-corrected chi connectivity index (χ0v) is 13.2. The minimum Gasteiger partial charge on any atom is -0.299 e. The van der Waals surface area contributed by atoms with Crippen LogP contribution in [0.3, 0.4) is 0 Å². The number of benzene rings is 1. The Bertz CT molecular complexity index is 446. The summed E-state index contributed by atoms with van der Waals surface area (Å²) < 4.78 is 0. The molecule has 1 aliphatic rings. The van der Waals surface area contributed by atoms with Crippen molar-refractivity contribution in [3.05, 3.63) is 35.9 Å². The number of ketones is 1. The fourth-order valence-corrected chi connectivity index (χ4v) is 2.81. The molecule has 0 aliphatic heterocycles. The summed E-state index contributed by atoms with van der Waals surface area (Å²) in [4.78, 5) is 15.2. The quantitative estimate of drug-likeness (QED) is 0.699. The van der Waals surface area contributed by atoms with Crippen molar-refractivity contribution in [2.45, 2.75) is 46.6 Å². The lowest BCUT2D eigenvalue weighted by atomic mass is 9.83. The summed E-state index contributed by atoms with van der Waals surface area (Å²) in [6.45, 7) is 10.6. The molecule has 0 radical (unpaired) electrons. The molecule has 0 spiro atoms. The third-order valence-corrected chi connectivity index (χ3v) is 3.91. The molecule has 0 amide bonds. The highest BCUT2D eigenvalue weighted by Gasteiger charge is 2.36. The molecule has 20 heavy (non-hydrogen) atoms. The molecule has 1 aromatic rings. The SMILES string of the molecule is CC(C)CN(CC(C)(C)C(=O)c1ccccc1)C1CC1. The molecule has 1 aromatic carbocycles. The van der Waals surface area contributed by atoms with Gasteiger partial charge in [-0.25, -0.2) is 0 Å². The van der Waals surface area contributed by atoms with Gasteiger partial charge in [-0.2, -0.15) is 0 Å². The van der Waals surface area contributed by atoms with Crippen molar-refractivity contribution in [1.82, 2.24) is 4.90 Å². The number of nitrogens with zero attached hydrogens (tertiary/aromatic N) is 1. The van der Waals surface area contributed by atoms with Crippen molar-refractivity contribution >= 4 is 5.78 Å². The van der Waals surface area contributed by atoms with Crippen molar-refractivity contribution in [3.63, 3.8) is 0 Å². The summed E-state index contributed by atoms with van der Waals surface area (Å²) in [6.07, 6.45) is 2.59. The van der Waals surface area contributed by atoms with Gasteiger partial charge >= 0.3 is 0 Å². The van der Waals surface area contributed by atoms with Crippen LogP contribution in [0.2, 0.25) is 0 Å². The Hall–Kier alpha value is -1.15. The molecule has 1 saturated carbocycles. The topological polar surface area (TPSA) is 20.3 Å². The molecule has 0 unspecified atom stereocenters. The van der Waals surface area contributed by atoms with E-state index in [9.17, 15) is 4.79 Å². The molecule has 110 valence electrons. The Morgan fingerprint density at radius 3 is 2.35 bits per heavy atom. The second-order valence-electron chi connectivity index (χ2n) is 7.13. The van der Waals surface area contributed by atoms with Gasteiger partial charge in [0.2, 0.25) is 0 Å². The number of carbonyl (C=O) groups excluding carboxylic acids is 1. The summed E-state index contributed by atoms with van der Waals surface area (Å²) in [7, 11) is 0. The summed E-state index contributed by atoms with van der Waals surface area (Å²) in [6, 6.07) is 10.4. The van der Waals surface area contributed by atoms with Crippen LogP contribution in [0, 0.1) is 11.3 Å². The van der Waals surface area contributed by atoms with E-state index in [-0.39, 0.29) is 11.2 Å². The Balaban J connectivity index is 2.06. The highest BCUT2D eigenvalue weighted by Crippen LogP contribution is 2.32. The lowest BCUT2D eigenvalue weighted by molar-refractivity contribution is 0.0743. The van der Waals surface area contributed by atoms with Crippen LogP contribution in [-0.2, 0) is 0 Å². The number of hydrogen-bond donors (Lipinski definition) is 0. The number of carbonyl (C=O) groups is 1. The minimum atomic E-state index is -0.321. The first-order chi connectivity index (χ1) is 9.40. The molecule has 1 fully saturated rings. The van der Waals surface area contributed by atoms with Gasteiger partial charge in [-0.15, -0.1) is 0 Å². The average molecular weight is 273 g/mol. The van der Waals surface area contributed by atoms with Gasteiger partial charge in [0.25, 0.3) is 0 Å². The maximum absolute atomic E-state index is 12.7. The van der Waals surface area contributed by atoms with Crippen LogP contribution in [-0.4, -0.2) is 29.8 Å². The van der Waals surface area contributed by atoms with Gasteiger partial charge in [-0.1, -0.05) is 58.0 Å². The first-order valence-corrected chi connectivity index (χ1v) is 7.74. The monoisotopic (exact) mass is 273 g/mol. The fourth-order valence-electron chi connectivity index (χ4n) is 2.81. The van der Waals surface area contributed by atoms with E-state index in [4.69, 9.17) is 0 Å². The first-order valence-electron chi connectivity index (χ1n) is 7.74. The number of hydrogen-bond acceptors (Lipinski definition) is 2. The Kier molecular flexibility index (Phi) is 4.64. The van der Waals surface area contributed by atoms with Crippen molar-refractivity contribution in [2.75, 3.05) is 13.1 Å². The zero-order chi connectivity index (χ0) is 14.8. The zero-order valence-electron chi connectivity index (χ0n) is 13.2. The van der Waals surface area contributed by atoms with E-state index >= 15 is 0 Å². The minimum absolute atomic E-state index is 0.257. The van der Waals surface area contributed by atoms with E-state index < -0.39 is 0 Å². The molecular formula is C18H27NO. The molecule has 1 aliphatic carbocycles. The third-order valence-electron chi connectivity index (χ3n) is 3.91. The van der Waals surface area contributed by atoms with E-state index in [1.165, 1.54) is 12.8 Å². The van der Waals surface area contributed by atoms with Crippen LogP contribution in [0.1, 0.15) is 50.9 Å². The summed E-state index contributed by atoms with van der Waals surface area (Å²) in [5.41, 5.74) is 0.511. The van der Waals surface area contributed by atoms with Crippen molar-refractivity contribution in [3.8, 4) is 0 Å². The van der Waals surface area contributed by atoms with E-state index in [0.717, 1.165) is 18.7 Å². The maximum atomic E-state index is 12.7. The summed E-state index contributed by atoms with van der Waals surface area (Å²) in [5.74, 6) is 0.908. The fraction of sp³-hybridized carbons (Fsp3) is 0.611. The van der Waals surface area contributed by atoms with Crippen molar-refractivity contribution in [1.29, 1.82) is 0 Å². The van der Waals surface area contributed by atoms with Crippen LogP contribution < -0.4 is 0 Å². The molecule has 0 N–H and O–H groups in total. The van der Waals surface area contributed by atoms with E-state index in [0.29, 0.717) is 12.0 Å². The van der Waals surface area contributed by atoms with Gasteiger partial charge in [0, 0.05) is 30.1 Å². The molecule has 0 bridgehead atoms. The Labute approximate surface area is 123 Å². The first kappa shape index (κ1) is 15.2. The van der Waals surface area contributed by atoms with Gasteiger partial charge in [0.1, 0.15) is 0 Å². The Morgan fingerprint density at radius 2 is 1.85 bits per heavy atom. The number of Topliss-reactive ketones (excluding diaryl/α,β-unsaturated/α-hetero) is 1. The van der Waals surface area contributed by atoms with Crippen LogP contribution in [0.25, 0.3) is 0 Å². The normalized spacial score (nSPS) is 15.9. The average Bonchev–Trinajstić information content (AvgIpc) is 3.21. The van der Waals surface area contributed by atoms with Gasteiger partial charge in [-0.05, 0) is 18.8 Å². The maximum Gasteiger partial charge on any atom is 0.169 e. The predicted octanol–water partition coefficient (Wildman–Crippen LogP) is 4.02. The third kappa shape index (κ3) is 3.92. The van der Waals surface area contributed by atoms with Gasteiger partial charge in [0.15, 0.2) is 5.78 Å². The lowest BCUT2D eigenvalue weighted by Gasteiger charge is -2.33. The van der Waals surface area contributed by atoms with E-state index in [1.54, 1.807) is 0 Å². The molecule has 0 aromatic heterocycles. The highest BCUT2D eigenvalue weighted by molar-refractivity contribution is 6.00. The van der Waals surface area contributed by atoms with Crippen LogP contribution in [0.15, 0.2) is 30.3 Å². The molecular weight excluding hydrogens is 246 g/mol. The van der Waals surface area contributed by atoms with Crippen LogP contribution in [0.4, 0.5) is 0 Å². The largest absolute Gasteiger partial charge is 0.299 e. The van der Waals surface area contributed by atoms with E-state index in [2.05, 4.69) is 32.6 Å². The predicted molar refractivity (Wildman–Crippen MR) is 84.0 cm³/mol. The molecule has 0 saturated heterocycles. The molecule has 2 nitrogen and oxygen atoms in total. The second kappa shape index (κ2) is 6.09. The van der Waals surface area contributed by atoms with Crippen molar-refractivity contribution < 1.29 is 4.79 Å². The summed E-state index contributed by atoms with van der Waals surface area (Å²) in [5, 5.41) is 0. The molecule has 2 rings (SSSR count).